The van der Waals surface area contributed by atoms with Gasteiger partial charge >= 0.3 is 12.1 Å². The third-order valence-corrected chi connectivity index (χ3v) is 6.61. The maximum atomic E-state index is 12.7. The number of rotatable bonds is 11. The lowest BCUT2D eigenvalue weighted by molar-refractivity contribution is -0.154. The third kappa shape index (κ3) is 7.79. The van der Waals surface area contributed by atoms with Gasteiger partial charge in [-0.1, -0.05) is 79.2 Å². The normalized spacial score (nSPS) is 16.8. The van der Waals surface area contributed by atoms with Crippen LogP contribution in [0, 0.1) is 0 Å². The molecule has 1 aliphatic rings. The number of ether oxygens (including phenoxy) is 2. The largest absolute Gasteiger partial charge is 0.460 e. The number of carbonyl (C=O) groups excluding carboxylic acids is 3. The molecule has 1 aliphatic carbocycles. The molecule has 1 N–H and O–H groups in total. The van der Waals surface area contributed by atoms with Crippen LogP contribution < -0.4 is 5.32 Å². The number of hydrogen-bond donors (Lipinski definition) is 1. The number of amides is 1. The Labute approximate surface area is 243 Å². The lowest BCUT2D eigenvalue weighted by Crippen LogP contribution is -2.25. The van der Waals surface area contributed by atoms with Crippen molar-refractivity contribution in [2.24, 2.45) is 0 Å². The average Bonchev–Trinajstić information content (AvgIpc) is 3.33. The maximum Gasteiger partial charge on any atom is 0.407 e. The second kappa shape index (κ2) is 12.7. The summed E-state index contributed by atoms with van der Waals surface area (Å²) < 4.78 is 78.0. The SMILES string of the molecule is [2H]C([2H])([2H])C(OC(=O)CCCCCC(=O)c1ccc(CNC(=O)OCC2c3ccccc3-c3ccccc32)cc1)(C([2H])([2H])[2H])C([2H])([2H])[2H]. The minimum Gasteiger partial charge on any atom is -0.460 e. The van der Waals surface area contributed by atoms with Gasteiger partial charge in [0.25, 0.3) is 0 Å². The van der Waals surface area contributed by atoms with Gasteiger partial charge in [-0.15, -0.1) is 0 Å². The Bertz CT molecular complexity index is 1530. The van der Waals surface area contributed by atoms with E-state index in [-0.39, 0.29) is 37.7 Å². The van der Waals surface area contributed by atoms with Gasteiger partial charge in [-0.05, 0) is 61.2 Å². The van der Waals surface area contributed by atoms with Crippen LogP contribution in [0.5, 0.6) is 0 Å². The molecule has 0 heterocycles. The van der Waals surface area contributed by atoms with Gasteiger partial charge in [0.05, 0.1) is 0 Å². The van der Waals surface area contributed by atoms with E-state index in [1.807, 2.05) is 36.4 Å². The van der Waals surface area contributed by atoms with Crippen LogP contribution in [-0.2, 0) is 20.8 Å². The monoisotopic (exact) mass is 536 g/mol. The highest BCUT2D eigenvalue weighted by molar-refractivity contribution is 5.96. The first kappa shape index (κ1) is 18.4. The minimum atomic E-state index is -3.66. The molecule has 0 unspecified atom stereocenters. The van der Waals surface area contributed by atoms with Gasteiger partial charge in [0.2, 0.25) is 0 Å². The molecule has 6 heteroatoms. The molecule has 204 valence electrons. The fourth-order valence-corrected chi connectivity index (χ4v) is 4.73. The molecule has 0 aliphatic heterocycles. The van der Waals surface area contributed by atoms with E-state index in [4.69, 9.17) is 21.8 Å². The van der Waals surface area contributed by atoms with Crippen LogP contribution in [0.3, 0.4) is 0 Å². The van der Waals surface area contributed by atoms with Gasteiger partial charge in [0.15, 0.2) is 5.78 Å². The van der Waals surface area contributed by atoms with E-state index in [1.165, 1.54) is 0 Å². The summed E-state index contributed by atoms with van der Waals surface area (Å²) in [6.45, 7) is -10.5. The van der Waals surface area contributed by atoms with Crippen molar-refractivity contribution >= 4 is 17.8 Å². The van der Waals surface area contributed by atoms with Gasteiger partial charge in [-0.3, -0.25) is 9.59 Å². The zero-order valence-electron chi connectivity index (χ0n) is 30.5. The Morgan fingerprint density at radius 1 is 0.821 bits per heavy atom. The summed E-state index contributed by atoms with van der Waals surface area (Å²) in [5.41, 5.74) is 2.08. The Hall–Kier alpha value is -3.93. The first-order valence-corrected chi connectivity index (χ1v) is 12.9. The predicted octanol–water partition coefficient (Wildman–Crippen LogP) is 7.20. The smallest absolute Gasteiger partial charge is 0.407 e. The van der Waals surface area contributed by atoms with Crippen LogP contribution in [0.2, 0.25) is 0 Å². The fourth-order valence-electron chi connectivity index (χ4n) is 4.73. The number of nitrogens with one attached hydrogen (secondary N) is 1. The van der Waals surface area contributed by atoms with Crippen molar-refractivity contribution < 1.29 is 36.2 Å². The molecular formula is C33H37NO5. The molecule has 0 saturated carbocycles. The molecule has 6 nitrogen and oxygen atoms in total. The number of alkyl carbamates (subject to hydrolysis) is 1. The maximum absolute atomic E-state index is 12.7. The molecule has 39 heavy (non-hydrogen) atoms. The highest BCUT2D eigenvalue weighted by Gasteiger charge is 2.29. The Morgan fingerprint density at radius 3 is 2.08 bits per heavy atom. The summed E-state index contributed by atoms with van der Waals surface area (Å²) in [5, 5.41) is 2.74. The summed E-state index contributed by atoms with van der Waals surface area (Å²) in [4.78, 5) is 37.5. The van der Waals surface area contributed by atoms with Crippen LogP contribution in [-0.4, -0.2) is 30.1 Å². The van der Waals surface area contributed by atoms with Crippen molar-refractivity contribution in [3.05, 3.63) is 95.1 Å². The number of benzene rings is 3. The number of unbranched alkanes of at least 4 members (excludes halogenated alkanes) is 2. The molecule has 0 bridgehead atoms. The van der Waals surface area contributed by atoms with Crippen molar-refractivity contribution in [1.82, 2.24) is 5.32 Å². The zero-order chi connectivity index (χ0) is 35.3. The summed E-state index contributed by atoms with van der Waals surface area (Å²) in [6, 6.07) is 22.9. The highest BCUT2D eigenvalue weighted by Crippen LogP contribution is 2.44. The highest BCUT2D eigenvalue weighted by atomic mass is 16.6. The molecule has 1 amide bonds. The second-order valence-corrected chi connectivity index (χ2v) is 9.52. The number of esters is 1. The molecule has 0 aromatic heterocycles. The van der Waals surface area contributed by atoms with Crippen LogP contribution in [0.4, 0.5) is 4.79 Å². The summed E-state index contributed by atoms with van der Waals surface area (Å²) in [6.07, 6.45) is 0.0402. The molecule has 4 rings (SSSR count). The zero-order valence-corrected chi connectivity index (χ0v) is 21.5. The van der Waals surface area contributed by atoms with Crippen LogP contribution in [0.1, 0.15) is 98.0 Å². The second-order valence-electron chi connectivity index (χ2n) is 9.52. The fraction of sp³-hybridized carbons (Fsp3) is 0.364. The molecule has 3 aromatic carbocycles. The van der Waals surface area contributed by atoms with E-state index < -0.39 is 44.6 Å². The lowest BCUT2D eigenvalue weighted by atomic mass is 9.98. The molecular weight excluding hydrogens is 490 g/mol. The Morgan fingerprint density at radius 2 is 1.44 bits per heavy atom. The topological polar surface area (TPSA) is 81.7 Å². The van der Waals surface area contributed by atoms with E-state index in [0.717, 1.165) is 27.8 Å². The third-order valence-electron chi connectivity index (χ3n) is 6.61. The van der Waals surface area contributed by atoms with Gasteiger partial charge in [-0.2, -0.15) is 0 Å². The van der Waals surface area contributed by atoms with E-state index in [2.05, 4.69) is 17.4 Å². The molecule has 0 saturated heterocycles. The molecule has 0 fully saturated rings. The lowest BCUT2D eigenvalue weighted by Gasteiger charge is -2.19. The molecule has 3 aromatic rings. The number of hydrogen-bond acceptors (Lipinski definition) is 5. The van der Waals surface area contributed by atoms with Gasteiger partial charge < -0.3 is 14.8 Å². The van der Waals surface area contributed by atoms with Crippen molar-refractivity contribution in [3.63, 3.8) is 0 Å². The Kier molecular flexibility index (Phi) is 6.00. The number of carbonyl (C=O) groups is 3. The first-order chi connectivity index (χ1) is 22.5. The quantitative estimate of drug-likeness (QED) is 0.159. The minimum absolute atomic E-state index is 0.0500. The Balaban J connectivity index is 1.18. The summed E-state index contributed by atoms with van der Waals surface area (Å²) in [5.74, 6) is -1.46. The van der Waals surface area contributed by atoms with Crippen LogP contribution in [0.15, 0.2) is 72.8 Å². The van der Waals surface area contributed by atoms with E-state index in [0.29, 0.717) is 18.4 Å². The van der Waals surface area contributed by atoms with Crippen molar-refractivity contribution in [2.45, 2.75) is 70.7 Å². The number of ketones is 1. The summed E-state index contributed by atoms with van der Waals surface area (Å²) in [7, 11) is 0. The average molecular weight is 537 g/mol. The van der Waals surface area contributed by atoms with Crippen LogP contribution >= 0.6 is 0 Å². The van der Waals surface area contributed by atoms with E-state index in [1.54, 1.807) is 24.3 Å². The van der Waals surface area contributed by atoms with Crippen LogP contribution in [0.25, 0.3) is 11.1 Å². The molecule has 0 spiro atoms. The van der Waals surface area contributed by atoms with Gasteiger partial charge in [0, 0.05) is 43.2 Å². The van der Waals surface area contributed by atoms with Gasteiger partial charge in [0.1, 0.15) is 12.2 Å². The molecule has 0 atom stereocenters. The predicted molar refractivity (Wildman–Crippen MR) is 152 cm³/mol. The number of Topliss-reactive ketones (excluding diaryl/α,β-unsaturated/α-hetero) is 1. The van der Waals surface area contributed by atoms with E-state index in [9.17, 15) is 14.4 Å². The summed E-state index contributed by atoms with van der Waals surface area (Å²) >= 11 is 0. The van der Waals surface area contributed by atoms with Crippen molar-refractivity contribution in [2.75, 3.05) is 6.61 Å². The van der Waals surface area contributed by atoms with Crippen molar-refractivity contribution in [3.8, 4) is 11.1 Å². The van der Waals surface area contributed by atoms with Gasteiger partial charge in [-0.25, -0.2) is 4.79 Å². The van der Waals surface area contributed by atoms with E-state index >= 15 is 0 Å². The number of fused-ring (bicyclic) bond motifs is 3. The van der Waals surface area contributed by atoms with Crippen molar-refractivity contribution in [1.29, 1.82) is 0 Å². The molecule has 0 radical (unpaired) electrons. The standard InChI is InChI=1S/C33H37NO5/c1-33(2,3)39-31(36)16-6-4-5-15-30(35)24-19-17-23(18-20-24)21-34-32(37)38-22-29-27-13-9-7-11-25(27)26-12-8-10-14-28(26)29/h7-14,17-20,29H,4-6,15-16,21-22H2,1-3H3,(H,34,37)/i1D3,2D3,3D3. The first-order valence-electron chi connectivity index (χ1n) is 17.4.